The van der Waals surface area contributed by atoms with Gasteiger partial charge >= 0.3 is 0 Å². The standard InChI is InChI=1S/C60H55N5S5/c1-61(2)36-11-21-41(22-12-36)66-51-31-47-53(68-43-25-15-38(16-26-43)63(5)6)33-49-55(70-45-29-19-40(20-30-45)65(9)10)35-50-54(69-44-27-17-39(18-28-44)64(7)8)34-48-52(67-42-23-13-37(14-24-42)62(3)4)32-46(51)56-57(47)59(49)60(50)58(48)56/h11-35H,1-10H3. The third kappa shape index (κ3) is 8.66. The first-order valence-corrected chi connectivity index (χ1v) is 27.5. The summed E-state index contributed by atoms with van der Waals surface area (Å²) in [6, 6.07) is 57.7. The summed E-state index contributed by atoms with van der Waals surface area (Å²) in [5.74, 6) is 0. The van der Waals surface area contributed by atoms with Crippen molar-refractivity contribution in [2.75, 3.05) is 95.0 Å². The third-order valence-electron chi connectivity index (χ3n) is 13.2. The number of benzene rings is 10. The Morgan fingerprint density at radius 3 is 0.486 bits per heavy atom. The molecule has 10 heteroatoms. The van der Waals surface area contributed by atoms with Crippen molar-refractivity contribution >= 4 is 141 Å². The number of hydrogen-bond acceptors (Lipinski definition) is 10. The molecule has 0 saturated heterocycles. The zero-order valence-corrected chi connectivity index (χ0v) is 45.3. The van der Waals surface area contributed by atoms with Crippen LogP contribution < -0.4 is 24.5 Å². The average Bonchev–Trinajstić information content (AvgIpc) is 3.71. The Morgan fingerprint density at radius 1 is 0.214 bits per heavy atom. The van der Waals surface area contributed by atoms with E-state index in [1.807, 2.05) is 58.8 Å². The summed E-state index contributed by atoms with van der Waals surface area (Å²) < 4.78 is 0. The third-order valence-corrected chi connectivity index (χ3v) is 18.5. The number of hydrogen-bond donors (Lipinski definition) is 0. The lowest BCUT2D eigenvalue weighted by molar-refractivity contribution is 1.13. The topological polar surface area (TPSA) is 16.2 Å². The lowest BCUT2D eigenvalue weighted by atomic mass is 9.99. The maximum atomic E-state index is 2.52. The van der Waals surface area contributed by atoms with E-state index in [9.17, 15) is 0 Å². The second-order valence-corrected chi connectivity index (χ2v) is 24.5. The molecule has 0 spiro atoms. The molecule has 0 aliphatic rings. The van der Waals surface area contributed by atoms with E-state index in [0.29, 0.717) is 0 Å². The van der Waals surface area contributed by atoms with Crippen LogP contribution in [0.5, 0.6) is 0 Å². The fourth-order valence-corrected chi connectivity index (χ4v) is 14.3. The van der Waals surface area contributed by atoms with Gasteiger partial charge in [-0.25, -0.2) is 0 Å². The molecule has 11 aromatic rings. The molecule has 0 bridgehead atoms. The number of anilines is 5. The summed E-state index contributed by atoms with van der Waals surface area (Å²) in [4.78, 5) is 23.3. The Morgan fingerprint density at radius 2 is 0.357 bits per heavy atom. The molecule has 11 aromatic carbocycles. The minimum atomic E-state index is 1.19. The highest BCUT2D eigenvalue weighted by Gasteiger charge is 2.29. The van der Waals surface area contributed by atoms with Crippen molar-refractivity contribution in [3.8, 4) is 0 Å². The monoisotopic (exact) mass is 1010 g/mol. The van der Waals surface area contributed by atoms with Gasteiger partial charge in [0, 0.05) is 148 Å². The van der Waals surface area contributed by atoms with Gasteiger partial charge in [0.05, 0.1) is 0 Å². The molecule has 0 unspecified atom stereocenters. The molecule has 5 nitrogen and oxygen atoms in total. The first kappa shape index (κ1) is 46.6. The molecule has 0 radical (unpaired) electrons. The summed E-state index contributed by atoms with van der Waals surface area (Å²) in [5, 5.41) is 13.4. The van der Waals surface area contributed by atoms with Crippen LogP contribution in [0.15, 0.2) is 201 Å². The van der Waals surface area contributed by atoms with E-state index in [-0.39, 0.29) is 0 Å². The van der Waals surface area contributed by atoms with Crippen LogP contribution in [0.1, 0.15) is 0 Å². The minimum absolute atomic E-state index is 1.19. The normalized spacial score (nSPS) is 11.9. The highest BCUT2D eigenvalue weighted by atomic mass is 32.2. The van der Waals surface area contributed by atoms with Gasteiger partial charge in [0.15, 0.2) is 0 Å². The zero-order valence-electron chi connectivity index (χ0n) is 41.2. The van der Waals surface area contributed by atoms with Gasteiger partial charge in [0.1, 0.15) is 0 Å². The second-order valence-electron chi connectivity index (χ2n) is 18.9. The van der Waals surface area contributed by atoms with Gasteiger partial charge in [0.2, 0.25) is 0 Å². The van der Waals surface area contributed by atoms with Crippen LogP contribution in [-0.4, -0.2) is 70.5 Å². The molecule has 70 heavy (non-hydrogen) atoms. The van der Waals surface area contributed by atoms with Crippen LogP contribution in [-0.2, 0) is 0 Å². The van der Waals surface area contributed by atoms with Crippen molar-refractivity contribution in [2.24, 2.45) is 0 Å². The van der Waals surface area contributed by atoms with Crippen molar-refractivity contribution in [1.29, 1.82) is 0 Å². The predicted molar refractivity (Wildman–Crippen MR) is 312 cm³/mol. The summed E-state index contributed by atoms with van der Waals surface area (Å²) >= 11 is 9.40. The largest absolute Gasteiger partial charge is 0.378 e. The fourth-order valence-electron chi connectivity index (χ4n) is 9.47. The maximum Gasteiger partial charge on any atom is 0.0361 e. The SMILES string of the molecule is CN(C)c1ccc(Sc2cc3c(Sc4ccc(N(C)C)cc4)cc4c(Sc5ccc(N(C)C)cc5)cc5c(Sc6ccc(N(C)C)cc6)cc6c(Sc7ccc(N(C)C)cc7)cc2c2c6c5c4c32)cc1. The van der Waals surface area contributed by atoms with E-state index < -0.39 is 0 Å². The lowest BCUT2D eigenvalue weighted by Gasteiger charge is -2.17. The quantitative estimate of drug-likeness (QED) is 0.0919. The van der Waals surface area contributed by atoms with E-state index in [4.69, 9.17) is 0 Å². The molecular weight excluding hydrogens is 951 g/mol. The smallest absolute Gasteiger partial charge is 0.0361 e. The Bertz CT molecular complexity index is 3040. The van der Waals surface area contributed by atoms with Crippen molar-refractivity contribution in [3.63, 3.8) is 0 Å². The molecule has 0 aromatic heterocycles. The van der Waals surface area contributed by atoms with E-state index >= 15 is 0 Å². The predicted octanol–water partition coefficient (Wildman–Crippen LogP) is 16.9. The van der Waals surface area contributed by atoms with Crippen LogP contribution >= 0.6 is 58.8 Å². The maximum absolute atomic E-state index is 2.52. The Balaban J connectivity index is 1.22. The van der Waals surface area contributed by atoms with Crippen molar-refractivity contribution < 1.29 is 0 Å². The molecule has 0 N–H and O–H groups in total. The number of rotatable bonds is 15. The van der Waals surface area contributed by atoms with Crippen LogP contribution in [0.3, 0.4) is 0 Å². The van der Waals surface area contributed by atoms with Gasteiger partial charge in [-0.1, -0.05) is 58.8 Å². The van der Waals surface area contributed by atoms with E-state index in [1.165, 1.54) is 131 Å². The first-order valence-electron chi connectivity index (χ1n) is 23.4. The zero-order chi connectivity index (χ0) is 48.5. The van der Waals surface area contributed by atoms with Gasteiger partial charge in [0.25, 0.3) is 0 Å². The summed E-state index contributed by atoms with van der Waals surface area (Å²) in [7, 11) is 21.1. The van der Waals surface area contributed by atoms with Crippen LogP contribution in [0.4, 0.5) is 28.4 Å². The summed E-state index contributed by atoms with van der Waals surface area (Å²) in [5.41, 5.74) is 5.97. The number of nitrogens with zero attached hydrogens (tertiary/aromatic N) is 5. The lowest BCUT2D eigenvalue weighted by Crippen LogP contribution is -2.07. The van der Waals surface area contributed by atoms with Crippen LogP contribution in [0.25, 0.3) is 53.9 Å². The van der Waals surface area contributed by atoms with Crippen molar-refractivity contribution in [2.45, 2.75) is 49.0 Å². The van der Waals surface area contributed by atoms with Gasteiger partial charge in [-0.2, -0.15) is 0 Å². The van der Waals surface area contributed by atoms with Gasteiger partial charge in [-0.3, -0.25) is 0 Å². The average molecular weight is 1010 g/mol. The summed E-state index contributed by atoms with van der Waals surface area (Å²) in [6.45, 7) is 0. The highest BCUT2D eigenvalue weighted by Crippen LogP contribution is 2.58. The van der Waals surface area contributed by atoms with E-state index in [0.717, 1.165) is 0 Å². The first-order chi connectivity index (χ1) is 33.8. The van der Waals surface area contributed by atoms with E-state index in [1.54, 1.807) is 0 Å². The van der Waals surface area contributed by atoms with E-state index in [2.05, 4.69) is 247 Å². The molecule has 0 fully saturated rings. The van der Waals surface area contributed by atoms with Gasteiger partial charge < -0.3 is 24.5 Å². The Kier molecular flexibility index (Phi) is 12.5. The van der Waals surface area contributed by atoms with Crippen LogP contribution in [0, 0.1) is 0 Å². The van der Waals surface area contributed by atoms with Gasteiger partial charge in [-0.15, -0.1) is 0 Å². The van der Waals surface area contributed by atoms with Crippen molar-refractivity contribution in [1.82, 2.24) is 0 Å². The minimum Gasteiger partial charge on any atom is -0.378 e. The molecular formula is C60H55N5S5. The summed E-state index contributed by atoms with van der Waals surface area (Å²) in [6.07, 6.45) is 0. The van der Waals surface area contributed by atoms with Gasteiger partial charge in [-0.05, 0) is 206 Å². The molecule has 0 amide bonds. The second kappa shape index (κ2) is 18.8. The Hall–Kier alpha value is -5.75. The Labute approximate surface area is 433 Å². The van der Waals surface area contributed by atoms with Crippen LogP contribution in [0.2, 0.25) is 0 Å². The molecule has 0 aliphatic heterocycles. The molecule has 0 heterocycles. The fraction of sp³-hybridized carbons (Fsp3) is 0.167. The molecule has 0 atom stereocenters. The van der Waals surface area contributed by atoms with Crippen molar-refractivity contribution in [3.05, 3.63) is 152 Å². The molecule has 0 aliphatic carbocycles. The molecule has 350 valence electrons. The highest BCUT2D eigenvalue weighted by molar-refractivity contribution is 8.01. The molecule has 0 saturated carbocycles. The molecule has 11 rings (SSSR count).